The van der Waals surface area contributed by atoms with Crippen LogP contribution >= 0.6 is 15.9 Å². The molecule has 4 heteroatoms. The summed E-state index contributed by atoms with van der Waals surface area (Å²) in [7, 11) is 0. The summed E-state index contributed by atoms with van der Waals surface area (Å²) < 4.78 is 0.819. The first-order chi connectivity index (χ1) is 9.24. The van der Waals surface area contributed by atoms with Crippen molar-refractivity contribution in [3.8, 4) is 0 Å². The van der Waals surface area contributed by atoms with Gasteiger partial charge in [-0.3, -0.25) is 9.78 Å². The molecule has 0 aliphatic carbocycles. The third kappa shape index (κ3) is 3.41. The molecule has 2 rings (SSSR count). The number of carbonyl (C=O) groups is 1. The number of benzene rings is 1. The predicted molar refractivity (Wildman–Crippen MR) is 80.5 cm³/mol. The molecule has 0 bridgehead atoms. The molecule has 0 saturated heterocycles. The molecule has 0 spiro atoms. The van der Waals surface area contributed by atoms with Gasteiger partial charge in [0, 0.05) is 28.5 Å². The molecule has 1 heterocycles. The number of anilines is 1. The van der Waals surface area contributed by atoms with E-state index in [9.17, 15) is 4.79 Å². The van der Waals surface area contributed by atoms with Crippen molar-refractivity contribution < 1.29 is 4.79 Å². The normalized spacial score (nSPS) is 10.2. The Morgan fingerprint density at radius 1 is 1.32 bits per heavy atom. The number of hydrogen-bond acceptors (Lipinski definition) is 3. The lowest BCUT2D eigenvalue weighted by Gasteiger charge is -2.23. The molecular weight excluding hydrogens is 304 g/mol. The van der Waals surface area contributed by atoms with E-state index in [0.29, 0.717) is 5.56 Å². The fourth-order valence-corrected chi connectivity index (χ4v) is 2.34. The van der Waals surface area contributed by atoms with E-state index in [4.69, 9.17) is 0 Å². The molecule has 0 radical (unpaired) electrons. The highest BCUT2D eigenvalue weighted by Gasteiger charge is 2.08. The third-order valence-electron chi connectivity index (χ3n) is 2.94. The van der Waals surface area contributed by atoms with Gasteiger partial charge in [0.15, 0.2) is 6.29 Å². The van der Waals surface area contributed by atoms with Crippen molar-refractivity contribution in [2.75, 3.05) is 11.4 Å². The number of carbonyl (C=O) groups excluding carboxylic acids is 1. The quantitative estimate of drug-likeness (QED) is 0.788. The van der Waals surface area contributed by atoms with E-state index in [0.717, 1.165) is 35.2 Å². The minimum absolute atomic E-state index is 0.664. The van der Waals surface area contributed by atoms with Crippen LogP contribution in [0.1, 0.15) is 23.0 Å². The third-order valence-corrected chi connectivity index (χ3v) is 3.62. The summed E-state index contributed by atoms with van der Waals surface area (Å²) >= 11 is 3.42. The van der Waals surface area contributed by atoms with Crippen LogP contribution in [-0.2, 0) is 6.54 Å². The highest BCUT2D eigenvalue weighted by molar-refractivity contribution is 9.10. The van der Waals surface area contributed by atoms with E-state index in [1.165, 1.54) is 0 Å². The lowest BCUT2D eigenvalue weighted by Crippen LogP contribution is -2.22. The molecule has 1 aromatic carbocycles. The van der Waals surface area contributed by atoms with Gasteiger partial charge in [-0.1, -0.05) is 6.07 Å². The second-order valence-electron chi connectivity index (χ2n) is 4.16. The fraction of sp³-hybridized carbons (Fsp3) is 0.200. The molecule has 0 atom stereocenters. The van der Waals surface area contributed by atoms with Crippen LogP contribution in [-0.4, -0.2) is 17.8 Å². The van der Waals surface area contributed by atoms with Crippen molar-refractivity contribution in [1.82, 2.24) is 4.98 Å². The Hall–Kier alpha value is -1.68. The molecule has 0 aliphatic rings. The average Bonchev–Trinajstić information content (AvgIpc) is 2.46. The second-order valence-corrected chi connectivity index (χ2v) is 5.01. The molecule has 0 saturated carbocycles. The maximum absolute atomic E-state index is 10.8. The molecule has 0 unspecified atom stereocenters. The standard InChI is InChI=1S/C15H15BrN2O/c1-2-18(10-13-5-3-4-8-17-13)14-7-6-12(11-19)15(16)9-14/h3-9,11H,2,10H2,1H3. The van der Waals surface area contributed by atoms with Crippen molar-refractivity contribution >= 4 is 27.9 Å². The van der Waals surface area contributed by atoms with E-state index in [1.807, 2.05) is 36.4 Å². The molecule has 1 aromatic heterocycles. The Bertz CT molecular complexity index is 557. The second kappa shape index (κ2) is 6.48. The first-order valence-electron chi connectivity index (χ1n) is 6.14. The summed E-state index contributed by atoms with van der Waals surface area (Å²) in [5, 5.41) is 0. The van der Waals surface area contributed by atoms with Crippen LogP contribution in [0, 0.1) is 0 Å². The summed E-state index contributed by atoms with van der Waals surface area (Å²) in [6, 6.07) is 11.7. The smallest absolute Gasteiger partial charge is 0.151 e. The van der Waals surface area contributed by atoms with Crippen LogP contribution in [0.3, 0.4) is 0 Å². The van der Waals surface area contributed by atoms with Gasteiger partial charge in [0.1, 0.15) is 0 Å². The molecule has 2 aromatic rings. The van der Waals surface area contributed by atoms with Gasteiger partial charge in [-0.25, -0.2) is 0 Å². The lowest BCUT2D eigenvalue weighted by atomic mass is 10.2. The Kier molecular flexibility index (Phi) is 4.68. The molecule has 0 amide bonds. The highest BCUT2D eigenvalue weighted by Crippen LogP contribution is 2.24. The average molecular weight is 319 g/mol. The number of nitrogens with zero attached hydrogens (tertiary/aromatic N) is 2. The molecule has 0 N–H and O–H groups in total. The van der Waals surface area contributed by atoms with Gasteiger partial charge in [-0.05, 0) is 53.2 Å². The van der Waals surface area contributed by atoms with Gasteiger partial charge in [0.05, 0.1) is 12.2 Å². The van der Waals surface area contributed by atoms with E-state index in [2.05, 4.69) is 32.7 Å². The maximum Gasteiger partial charge on any atom is 0.151 e. The van der Waals surface area contributed by atoms with Crippen LogP contribution in [0.25, 0.3) is 0 Å². The lowest BCUT2D eigenvalue weighted by molar-refractivity contribution is 0.112. The van der Waals surface area contributed by atoms with Gasteiger partial charge in [-0.15, -0.1) is 0 Å². The van der Waals surface area contributed by atoms with Crippen LogP contribution in [0.15, 0.2) is 47.1 Å². The number of aromatic nitrogens is 1. The largest absolute Gasteiger partial charge is 0.366 e. The Morgan fingerprint density at radius 2 is 2.16 bits per heavy atom. The van der Waals surface area contributed by atoms with E-state index in [-0.39, 0.29) is 0 Å². The van der Waals surface area contributed by atoms with Crippen molar-refractivity contribution in [1.29, 1.82) is 0 Å². The van der Waals surface area contributed by atoms with Crippen molar-refractivity contribution in [2.24, 2.45) is 0 Å². The molecule has 19 heavy (non-hydrogen) atoms. The van der Waals surface area contributed by atoms with Crippen molar-refractivity contribution in [2.45, 2.75) is 13.5 Å². The van der Waals surface area contributed by atoms with Crippen LogP contribution in [0.2, 0.25) is 0 Å². The number of rotatable bonds is 5. The molecule has 98 valence electrons. The predicted octanol–water partition coefficient (Wildman–Crippen LogP) is 3.68. The summed E-state index contributed by atoms with van der Waals surface area (Å²) in [5.74, 6) is 0. The fourth-order valence-electron chi connectivity index (χ4n) is 1.88. The van der Waals surface area contributed by atoms with E-state index >= 15 is 0 Å². The summed E-state index contributed by atoms with van der Waals surface area (Å²) in [6.45, 7) is 3.73. The van der Waals surface area contributed by atoms with Crippen molar-refractivity contribution in [3.05, 3.63) is 58.3 Å². The topological polar surface area (TPSA) is 33.2 Å². The minimum Gasteiger partial charge on any atom is -0.366 e. The van der Waals surface area contributed by atoms with Crippen LogP contribution in [0.4, 0.5) is 5.69 Å². The first kappa shape index (κ1) is 13.7. The molecule has 3 nitrogen and oxygen atoms in total. The highest BCUT2D eigenvalue weighted by atomic mass is 79.9. The van der Waals surface area contributed by atoms with E-state index < -0.39 is 0 Å². The number of hydrogen-bond donors (Lipinski definition) is 0. The van der Waals surface area contributed by atoms with Gasteiger partial charge in [-0.2, -0.15) is 0 Å². The number of pyridine rings is 1. The minimum atomic E-state index is 0.664. The van der Waals surface area contributed by atoms with Gasteiger partial charge in [0.25, 0.3) is 0 Å². The zero-order valence-electron chi connectivity index (χ0n) is 10.7. The van der Waals surface area contributed by atoms with E-state index in [1.54, 1.807) is 6.20 Å². The summed E-state index contributed by atoms with van der Waals surface area (Å²) in [4.78, 5) is 17.4. The SMILES string of the molecule is CCN(Cc1ccccn1)c1ccc(C=O)c(Br)c1. The van der Waals surface area contributed by atoms with Gasteiger partial charge >= 0.3 is 0 Å². The van der Waals surface area contributed by atoms with Gasteiger partial charge < -0.3 is 4.90 Å². The van der Waals surface area contributed by atoms with Crippen LogP contribution < -0.4 is 4.90 Å². The Balaban J connectivity index is 2.22. The first-order valence-corrected chi connectivity index (χ1v) is 6.93. The number of halogens is 1. The molecule has 0 fully saturated rings. The Morgan fingerprint density at radius 3 is 2.74 bits per heavy atom. The molecular formula is C15H15BrN2O. The zero-order chi connectivity index (χ0) is 13.7. The molecule has 0 aliphatic heterocycles. The van der Waals surface area contributed by atoms with Crippen molar-refractivity contribution in [3.63, 3.8) is 0 Å². The maximum atomic E-state index is 10.8. The van der Waals surface area contributed by atoms with Gasteiger partial charge in [0.2, 0.25) is 0 Å². The number of aldehydes is 1. The Labute approximate surface area is 121 Å². The van der Waals surface area contributed by atoms with Crippen LogP contribution in [0.5, 0.6) is 0 Å². The summed E-state index contributed by atoms with van der Waals surface area (Å²) in [6.07, 6.45) is 2.65. The zero-order valence-corrected chi connectivity index (χ0v) is 12.3. The monoisotopic (exact) mass is 318 g/mol. The summed E-state index contributed by atoms with van der Waals surface area (Å²) in [5.41, 5.74) is 2.77.